The molecule has 4 aromatic rings. The average Bonchev–Trinajstić information content (AvgIpc) is 3.33. The summed E-state index contributed by atoms with van der Waals surface area (Å²) in [5.74, 6) is 0.532. The predicted molar refractivity (Wildman–Crippen MR) is 142 cm³/mol. The van der Waals surface area contributed by atoms with Gasteiger partial charge in [0.15, 0.2) is 5.00 Å². The van der Waals surface area contributed by atoms with Crippen molar-refractivity contribution < 1.29 is 19.2 Å². The van der Waals surface area contributed by atoms with Crippen molar-refractivity contribution in [3.63, 3.8) is 0 Å². The third-order valence-corrected chi connectivity index (χ3v) is 6.31. The van der Waals surface area contributed by atoms with Crippen LogP contribution in [0.5, 0.6) is 5.75 Å². The lowest BCUT2D eigenvalue weighted by Gasteiger charge is -2.25. The summed E-state index contributed by atoms with van der Waals surface area (Å²) in [4.78, 5) is 24.7. The molecule has 0 saturated heterocycles. The van der Waals surface area contributed by atoms with Crippen LogP contribution in [0, 0.1) is 10.1 Å². The maximum atomic E-state index is 12.0. The summed E-state index contributed by atoms with van der Waals surface area (Å²) >= 11 is 1.13. The Kier molecular flexibility index (Phi) is 8.37. The number of nitro groups is 1. The third-order valence-electron chi connectivity index (χ3n) is 5.55. The Hall–Kier alpha value is -4.38. The Morgan fingerprint density at radius 3 is 2.51 bits per heavy atom. The highest BCUT2D eigenvalue weighted by atomic mass is 32.1. The molecule has 0 amide bonds. The molecule has 1 heterocycles. The molecule has 3 aromatic carbocycles. The second-order valence-corrected chi connectivity index (χ2v) is 8.74. The molecule has 190 valence electrons. The minimum Gasteiger partial charge on any atom is -0.497 e. The van der Waals surface area contributed by atoms with E-state index in [4.69, 9.17) is 9.47 Å². The maximum Gasteiger partial charge on any atom is 0.307 e. The van der Waals surface area contributed by atoms with E-state index in [1.54, 1.807) is 20.1 Å². The van der Waals surface area contributed by atoms with Crippen molar-refractivity contribution in [1.82, 2.24) is 4.37 Å². The number of ether oxygens (including phenoxy) is 2. The molecule has 0 aliphatic rings. The molecule has 0 bridgehead atoms. The van der Waals surface area contributed by atoms with Crippen molar-refractivity contribution in [1.29, 1.82) is 0 Å². The number of aromatic nitrogens is 1. The fourth-order valence-electron chi connectivity index (χ4n) is 3.65. The molecule has 0 fully saturated rings. The zero-order valence-corrected chi connectivity index (χ0v) is 21.2. The van der Waals surface area contributed by atoms with Gasteiger partial charge in [-0.25, -0.2) is 0 Å². The van der Waals surface area contributed by atoms with Crippen molar-refractivity contribution in [2.45, 2.75) is 19.9 Å². The summed E-state index contributed by atoms with van der Waals surface area (Å²) in [7, 11) is 1.63. The molecule has 0 saturated carbocycles. The van der Waals surface area contributed by atoms with Gasteiger partial charge in [0.05, 0.1) is 36.3 Å². The number of hydrogen-bond donors (Lipinski definition) is 0. The van der Waals surface area contributed by atoms with Gasteiger partial charge in [-0.1, -0.05) is 12.1 Å². The van der Waals surface area contributed by atoms with Crippen LogP contribution in [-0.4, -0.2) is 35.5 Å². The van der Waals surface area contributed by atoms with Crippen LogP contribution in [0.2, 0.25) is 0 Å². The number of carbonyl (C=O) groups is 1. The largest absolute Gasteiger partial charge is 0.497 e. The Balaban J connectivity index is 1.51. The lowest BCUT2D eigenvalue weighted by atomic mass is 10.1. The number of carbonyl (C=O) groups excluding carboxylic acids is 1. The number of non-ortho nitro benzene ring substituents is 1. The first kappa shape index (κ1) is 25.7. The van der Waals surface area contributed by atoms with Crippen molar-refractivity contribution in [3.8, 4) is 5.75 Å². The second kappa shape index (κ2) is 12.0. The van der Waals surface area contributed by atoms with Crippen LogP contribution in [0.3, 0.4) is 0 Å². The van der Waals surface area contributed by atoms with E-state index in [9.17, 15) is 14.9 Å². The van der Waals surface area contributed by atoms with E-state index in [1.807, 2.05) is 48.5 Å². The number of benzene rings is 3. The van der Waals surface area contributed by atoms with E-state index in [0.717, 1.165) is 28.5 Å². The van der Waals surface area contributed by atoms with Crippen LogP contribution in [0.15, 0.2) is 77.0 Å². The molecule has 11 heteroatoms. The molecule has 0 radical (unpaired) electrons. The van der Waals surface area contributed by atoms with Crippen LogP contribution < -0.4 is 9.64 Å². The summed E-state index contributed by atoms with van der Waals surface area (Å²) in [6, 6.07) is 19.7. The molecular weight excluding hydrogens is 494 g/mol. The molecule has 0 unspecified atom stereocenters. The molecule has 0 aliphatic carbocycles. The minimum atomic E-state index is -0.448. The van der Waals surface area contributed by atoms with Gasteiger partial charge in [0.25, 0.3) is 5.69 Å². The van der Waals surface area contributed by atoms with Gasteiger partial charge in [-0.05, 0) is 66.5 Å². The number of azo groups is 1. The Bertz CT molecular complexity index is 1400. The fourth-order valence-corrected chi connectivity index (χ4v) is 4.33. The van der Waals surface area contributed by atoms with E-state index in [-0.39, 0.29) is 18.1 Å². The van der Waals surface area contributed by atoms with Gasteiger partial charge in [-0.15, -0.1) is 10.2 Å². The standard InChI is InChI=1S/C26H25N5O5S/c1-3-36-25(32)14-15-30(17-18-4-11-22(35-2)12-5-18)20-8-6-19(7-9-20)27-28-26-23-16-21(31(33)34)10-13-24(23)29-37-26/h4-13,16H,3,14-15,17H2,1-2H3. The zero-order chi connectivity index (χ0) is 26.2. The van der Waals surface area contributed by atoms with Gasteiger partial charge in [0, 0.05) is 36.3 Å². The molecule has 0 aliphatic heterocycles. The van der Waals surface area contributed by atoms with Crippen LogP contribution >= 0.6 is 11.5 Å². The first-order valence-electron chi connectivity index (χ1n) is 11.6. The lowest BCUT2D eigenvalue weighted by molar-refractivity contribution is -0.384. The zero-order valence-electron chi connectivity index (χ0n) is 20.4. The van der Waals surface area contributed by atoms with Gasteiger partial charge < -0.3 is 14.4 Å². The summed E-state index contributed by atoms with van der Waals surface area (Å²) in [5.41, 5.74) is 3.21. The Morgan fingerprint density at radius 1 is 1.08 bits per heavy atom. The molecular formula is C26H25N5O5S. The van der Waals surface area contributed by atoms with Gasteiger partial charge in [0.2, 0.25) is 0 Å². The molecule has 37 heavy (non-hydrogen) atoms. The van der Waals surface area contributed by atoms with E-state index in [1.165, 1.54) is 12.1 Å². The summed E-state index contributed by atoms with van der Waals surface area (Å²) in [5, 5.41) is 20.8. The van der Waals surface area contributed by atoms with Gasteiger partial charge in [0.1, 0.15) is 5.75 Å². The first-order valence-corrected chi connectivity index (χ1v) is 12.3. The highest BCUT2D eigenvalue weighted by Crippen LogP contribution is 2.34. The van der Waals surface area contributed by atoms with Crippen LogP contribution in [0.1, 0.15) is 18.9 Å². The number of nitrogens with zero attached hydrogens (tertiary/aromatic N) is 5. The molecule has 0 N–H and O–H groups in total. The van der Waals surface area contributed by atoms with Crippen LogP contribution in [0.25, 0.3) is 10.9 Å². The van der Waals surface area contributed by atoms with E-state index < -0.39 is 4.92 Å². The summed E-state index contributed by atoms with van der Waals surface area (Å²) < 4.78 is 14.6. The quantitative estimate of drug-likeness (QED) is 0.0949. The summed E-state index contributed by atoms with van der Waals surface area (Å²) in [6.45, 7) is 3.21. The smallest absolute Gasteiger partial charge is 0.307 e. The monoisotopic (exact) mass is 519 g/mol. The topological polar surface area (TPSA) is 120 Å². The number of anilines is 1. The molecule has 10 nitrogen and oxygen atoms in total. The van der Waals surface area contributed by atoms with Crippen molar-refractivity contribution >= 4 is 50.5 Å². The van der Waals surface area contributed by atoms with Gasteiger partial charge in [-0.3, -0.25) is 14.9 Å². The SMILES string of the molecule is CCOC(=O)CCN(Cc1ccc(OC)cc1)c1ccc(N=Nc2snc3ccc([N+](=O)[O-])cc23)cc1. The third kappa shape index (κ3) is 6.64. The van der Waals surface area contributed by atoms with E-state index >= 15 is 0 Å². The number of hydrogen-bond acceptors (Lipinski definition) is 10. The molecule has 0 atom stereocenters. The average molecular weight is 520 g/mol. The predicted octanol–water partition coefficient (Wildman–Crippen LogP) is 6.59. The number of nitro benzene ring substituents is 1. The molecule has 0 spiro atoms. The van der Waals surface area contributed by atoms with Crippen LogP contribution in [0.4, 0.5) is 22.1 Å². The van der Waals surface area contributed by atoms with Crippen LogP contribution in [-0.2, 0) is 16.1 Å². The maximum absolute atomic E-state index is 12.0. The number of fused-ring (bicyclic) bond motifs is 1. The van der Waals surface area contributed by atoms with Gasteiger partial charge in [-0.2, -0.15) is 4.37 Å². The Labute approximate surface area is 217 Å². The minimum absolute atomic E-state index is 0.0201. The lowest BCUT2D eigenvalue weighted by Crippen LogP contribution is -2.26. The summed E-state index contributed by atoms with van der Waals surface area (Å²) in [6.07, 6.45) is 0.260. The highest BCUT2D eigenvalue weighted by molar-refractivity contribution is 7.11. The number of esters is 1. The fraction of sp³-hybridized carbons (Fsp3) is 0.231. The second-order valence-electron chi connectivity index (χ2n) is 7.99. The van der Waals surface area contributed by atoms with Crippen molar-refractivity contribution in [2.75, 3.05) is 25.2 Å². The number of methoxy groups -OCH3 is 1. The van der Waals surface area contributed by atoms with Gasteiger partial charge >= 0.3 is 5.97 Å². The first-order chi connectivity index (χ1) is 18.0. The van der Waals surface area contributed by atoms with E-state index in [0.29, 0.717) is 41.3 Å². The van der Waals surface area contributed by atoms with Crippen molar-refractivity contribution in [3.05, 3.63) is 82.4 Å². The molecule has 4 rings (SSSR count). The van der Waals surface area contributed by atoms with E-state index in [2.05, 4.69) is 19.5 Å². The molecule has 1 aromatic heterocycles. The number of rotatable bonds is 11. The normalized spacial score (nSPS) is 11.1. The van der Waals surface area contributed by atoms with Crippen molar-refractivity contribution in [2.24, 2.45) is 10.2 Å². The Morgan fingerprint density at radius 2 is 1.84 bits per heavy atom. The highest BCUT2D eigenvalue weighted by Gasteiger charge is 2.13.